The predicted octanol–water partition coefficient (Wildman–Crippen LogP) is 7.11. The van der Waals surface area contributed by atoms with E-state index in [1.165, 1.54) is 32.1 Å². The molecule has 4 heteroatoms. The molecular formula is C27H36O4. The maximum Gasteiger partial charge on any atom is 0.311 e. The fourth-order valence-electron chi connectivity index (χ4n) is 3.44. The summed E-state index contributed by atoms with van der Waals surface area (Å²) in [6, 6.07) is 17.4. The van der Waals surface area contributed by atoms with E-state index in [4.69, 9.17) is 9.47 Å². The Balaban J connectivity index is 1.58. The molecule has 0 heterocycles. The van der Waals surface area contributed by atoms with Crippen molar-refractivity contribution in [1.82, 2.24) is 0 Å². The molecule has 31 heavy (non-hydrogen) atoms. The van der Waals surface area contributed by atoms with Crippen LogP contribution in [-0.4, -0.2) is 18.5 Å². The fourth-order valence-corrected chi connectivity index (χ4v) is 3.44. The number of ether oxygens (including phenoxy) is 2. The Bertz CT molecular complexity index is 770. The minimum absolute atomic E-state index is 0.172. The third kappa shape index (κ3) is 10.3. The van der Waals surface area contributed by atoms with Gasteiger partial charge in [-0.1, -0.05) is 94.0 Å². The van der Waals surface area contributed by atoms with Gasteiger partial charge in [0, 0.05) is 18.4 Å². The van der Waals surface area contributed by atoms with E-state index in [1.807, 2.05) is 48.5 Å². The average molecular weight is 425 g/mol. The second kappa shape index (κ2) is 15.2. The molecule has 0 fully saturated rings. The number of carbonyl (C=O) groups excluding carboxylic acids is 2. The Morgan fingerprint density at radius 2 is 1.29 bits per heavy atom. The highest BCUT2D eigenvalue weighted by Gasteiger charge is 2.11. The van der Waals surface area contributed by atoms with Crippen LogP contribution < -0.4 is 4.74 Å². The van der Waals surface area contributed by atoms with Gasteiger partial charge in [-0.3, -0.25) is 9.59 Å². The summed E-state index contributed by atoms with van der Waals surface area (Å²) in [5.74, 6) is 0.112. The average Bonchev–Trinajstić information content (AvgIpc) is 2.79. The largest absolute Gasteiger partial charge is 0.466 e. The molecule has 0 saturated heterocycles. The molecule has 0 aliphatic heterocycles. The molecule has 0 amide bonds. The SMILES string of the molecule is CCCCCCCCCOC(=O)CCCCC(=O)Oc1ccccc1-c1ccccc1. The Morgan fingerprint density at radius 3 is 2.03 bits per heavy atom. The molecule has 0 bridgehead atoms. The number of hydrogen-bond acceptors (Lipinski definition) is 4. The predicted molar refractivity (Wildman–Crippen MR) is 125 cm³/mol. The van der Waals surface area contributed by atoms with Crippen LogP contribution >= 0.6 is 0 Å². The standard InChI is InChI=1S/C27H36O4/c1-2-3-4-5-6-7-15-22-30-26(28)20-13-14-21-27(29)31-25-19-12-11-18-24(25)23-16-9-8-10-17-23/h8-12,16-19H,2-7,13-15,20-22H2,1H3. The summed E-state index contributed by atoms with van der Waals surface area (Å²) in [5, 5.41) is 0. The number of carbonyl (C=O) groups is 2. The molecule has 0 spiro atoms. The van der Waals surface area contributed by atoms with Gasteiger partial charge in [0.1, 0.15) is 5.75 Å². The van der Waals surface area contributed by atoms with Crippen LogP contribution in [0.25, 0.3) is 11.1 Å². The first-order chi connectivity index (χ1) is 15.2. The molecule has 2 aromatic carbocycles. The Hall–Kier alpha value is -2.62. The number of hydrogen-bond donors (Lipinski definition) is 0. The van der Waals surface area contributed by atoms with E-state index in [2.05, 4.69) is 6.92 Å². The highest BCUT2D eigenvalue weighted by atomic mass is 16.5. The van der Waals surface area contributed by atoms with Crippen LogP contribution in [0.5, 0.6) is 5.75 Å². The van der Waals surface area contributed by atoms with Crippen molar-refractivity contribution in [2.75, 3.05) is 6.61 Å². The van der Waals surface area contributed by atoms with E-state index in [-0.39, 0.29) is 18.4 Å². The van der Waals surface area contributed by atoms with Crippen LogP contribution in [0.3, 0.4) is 0 Å². The highest BCUT2D eigenvalue weighted by Crippen LogP contribution is 2.29. The van der Waals surface area contributed by atoms with Crippen LogP contribution in [0.2, 0.25) is 0 Å². The van der Waals surface area contributed by atoms with Crippen molar-refractivity contribution in [3.8, 4) is 16.9 Å². The lowest BCUT2D eigenvalue weighted by atomic mass is 10.0. The summed E-state index contributed by atoms with van der Waals surface area (Å²) in [6.45, 7) is 2.72. The Labute approximate surface area is 187 Å². The van der Waals surface area contributed by atoms with Crippen LogP contribution in [0.15, 0.2) is 54.6 Å². The molecule has 0 atom stereocenters. The fraction of sp³-hybridized carbons (Fsp3) is 0.481. The van der Waals surface area contributed by atoms with E-state index in [1.54, 1.807) is 6.07 Å². The second-order valence-electron chi connectivity index (χ2n) is 7.89. The van der Waals surface area contributed by atoms with Gasteiger partial charge >= 0.3 is 11.9 Å². The molecule has 2 rings (SSSR count). The highest BCUT2D eigenvalue weighted by molar-refractivity contribution is 5.78. The van der Waals surface area contributed by atoms with Gasteiger partial charge < -0.3 is 9.47 Å². The maximum absolute atomic E-state index is 12.2. The number of benzene rings is 2. The summed E-state index contributed by atoms with van der Waals surface area (Å²) in [4.78, 5) is 24.1. The molecule has 0 saturated carbocycles. The molecule has 4 nitrogen and oxygen atoms in total. The molecule has 0 unspecified atom stereocenters. The number of para-hydroxylation sites is 1. The number of unbranched alkanes of at least 4 members (excludes halogenated alkanes) is 7. The van der Waals surface area contributed by atoms with Crippen molar-refractivity contribution in [2.24, 2.45) is 0 Å². The van der Waals surface area contributed by atoms with Gasteiger partial charge in [-0.05, 0) is 30.9 Å². The van der Waals surface area contributed by atoms with E-state index < -0.39 is 0 Å². The zero-order valence-corrected chi connectivity index (χ0v) is 18.8. The Morgan fingerprint density at radius 1 is 0.677 bits per heavy atom. The molecule has 2 aromatic rings. The van der Waals surface area contributed by atoms with Gasteiger partial charge in [-0.25, -0.2) is 0 Å². The minimum atomic E-state index is -0.278. The van der Waals surface area contributed by atoms with Crippen molar-refractivity contribution >= 4 is 11.9 Å². The third-order valence-electron chi connectivity index (χ3n) is 5.22. The van der Waals surface area contributed by atoms with E-state index in [0.29, 0.717) is 31.6 Å². The van der Waals surface area contributed by atoms with Crippen LogP contribution in [0.4, 0.5) is 0 Å². The lowest BCUT2D eigenvalue weighted by molar-refractivity contribution is -0.144. The quantitative estimate of drug-likeness (QED) is 0.174. The maximum atomic E-state index is 12.2. The van der Waals surface area contributed by atoms with Gasteiger partial charge in [0.25, 0.3) is 0 Å². The molecule has 0 aliphatic carbocycles. The second-order valence-corrected chi connectivity index (χ2v) is 7.89. The van der Waals surface area contributed by atoms with Crippen molar-refractivity contribution in [2.45, 2.75) is 77.6 Å². The number of esters is 2. The van der Waals surface area contributed by atoms with Gasteiger partial charge in [0.05, 0.1) is 6.61 Å². The third-order valence-corrected chi connectivity index (χ3v) is 5.22. The van der Waals surface area contributed by atoms with Crippen LogP contribution in [0.1, 0.15) is 77.6 Å². The van der Waals surface area contributed by atoms with Crippen molar-refractivity contribution in [1.29, 1.82) is 0 Å². The minimum Gasteiger partial charge on any atom is -0.466 e. The van der Waals surface area contributed by atoms with Crippen molar-refractivity contribution in [3.63, 3.8) is 0 Å². The van der Waals surface area contributed by atoms with E-state index in [9.17, 15) is 9.59 Å². The Kier molecular flexibility index (Phi) is 12.1. The first-order valence-corrected chi connectivity index (χ1v) is 11.7. The van der Waals surface area contributed by atoms with E-state index in [0.717, 1.165) is 24.0 Å². The molecule has 0 radical (unpaired) electrons. The summed E-state index contributed by atoms with van der Waals surface area (Å²) in [7, 11) is 0. The molecule has 0 aromatic heterocycles. The van der Waals surface area contributed by atoms with Gasteiger partial charge in [-0.2, -0.15) is 0 Å². The van der Waals surface area contributed by atoms with Gasteiger partial charge in [0.2, 0.25) is 0 Å². The zero-order valence-electron chi connectivity index (χ0n) is 18.8. The molecule has 168 valence electrons. The normalized spacial score (nSPS) is 10.6. The smallest absolute Gasteiger partial charge is 0.311 e. The monoisotopic (exact) mass is 424 g/mol. The number of rotatable bonds is 15. The first-order valence-electron chi connectivity index (χ1n) is 11.7. The summed E-state index contributed by atoms with van der Waals surface area (Å²) in [5.41, 5.74) is 1.90. The lowest BCUT2D eigenvalue weighted by Gasteiger charge is -2.10. The molecular weight excluding hydrogens is 388 g/mol. The summed E-state index contributed by atoms with van der Waals surface area (Å²) in [6.07, 6.45) is 10.3. The van der Waals surface area contributed by atoms with Crippen molar-refractivity contribution < 1.29 is 19.1 Å². The van der Waals surface area contributed by atoms with Crippen molar-refractivity contribution in [3.05, 3.63) is 54.6 Å². The summed E-state index contributed by atoms with van der Waals surface area (Å²) < 4.78 is 10.9. The first kappa shape index (κ1) is 24.6. The van der Waals surface area contributed by atoms with Crippen LogP contribution in [-0.2, 0) is 14.3 Å². The zero-order chi connectivity index (χ0) is 22.2. The lowest BCUT2D eigenvalue weighted by Crippen LogP contribution is -2.09. The van der Waals surface area contributed by atoms with Gasteiger partial charge in [-0.15, -0.1) is 0 Å². The van der Waals surface area contributed by atoms with Crippen LogP contribution in [0, 0.1) is 0 Å². The topological polar surface area (TPSA) is 52.6 Å². The molecule has 0 aliphatic rings. The summed E-state index contributed by atoms with van der Waals surface area (Å²) >= 11 is 0. The van der Waals surface area contributed by atoms with E-state index >= 15 is 0 Å². The molecule has 0 N–H and O–H groups in total. The van der Waals surface area contributed by atoms with Gasteiger partial charge in [0.15, 0.2) is 0 Å².